The Hall–Kier alpha value is -0.507. The maximum absolute atomic E-state index is 9.83. The van der Waals surface area contributed by atoms with Gasteiger partial charge < -0.3 is 19.8 Å². The van der Waals surface area contributed by atoms with Crippen molar-refractivity contribution in [3.05, 3.63) is 0 Å². The first-order chi connectivity index (χ1) is 4.86. The largest absolute Gasteiger partial charge is 2.00 e. The van der Waals surface area contributed by atoms with Crippen LogP contribution in [0.1, 0.15) is 20.3 Å². The fourth-order valence-electron chi connectivity index (χ4n) is 0.203. The van der Waals surface area contributed by atoms with Crippen molar-refractivity contribution < 1.29 is 50.8 Å². The molecule has 12 heavy (non-hydrogen) atoms. The molecular weight excluding hydrogens is 243 g/mol. The molecule has 0 spiro atoms. The van der Waals surface area contributed by atoms with Crippen LogP contribution in [0.4, 0.5) is 0 Å². The molecule has 0 aromatic rings. The third-order valence-corrected chi connectivity index (χ3v) is 0.393. The minimum absolute atomic E-state index is 0. The van der Waals surface area contributed by atoms with Crippen molar-refractivity contribution in [3.8, 4) is 0 Å². The molecule has 0 rings (SSSR count). The molecule has 0 heterocycles. The molecule has 0 saturated carbocycles. The number of ketones is 1. The van der Waals surface area contributed by atoms with E-state index in [4.69, 9.17) is 9.90 Å². The van der Waals surface area contributed by atoms with Crippen LogP contribution >= 0.6 is 0 Å². The van der Waals surface area contributed by atoms with E-state index < -0.39 is 18.4 Å². The number of carbonyl (C=O) groups excluding carboxylic acids is 3. The first-order valence-electron chi connectivity index (χ1n) is 2.73. The molecule has 0 aromatic heterocycles. The number of aliphatic carboxylic acids is 2. The number of hydrogen-bond donors (Lipinski definition) is 0. The summed E-state index contributed by atoms with van der Waals surface area (Å²) in [7, 11) is 0. The van der Waals surface area contributed by atoms with Gasteiger partial charge in [-0.25, -0.2) is 0 Å². The molecule has 0 aliphatic heterocycles. The average molecular weight is 251 g/mol. The third kappa shape index (κ3) is 56.1. The van der Waals surface area contributed by atoms with Crippen molar-refractivity contribution in [1.82, 2.24) is 0 Å². The van der Waals surface area contributed by atoms with Crippen molar-refractivity contribution in [3.63, 3.8) is 0 Å². The zero-order valence-electron chi connectivity index (χ0n) is 6.75. The van der Waals surface area contributed by atoms with E-state index in [1.807, 2.05) is 0 Å². The van der Waals surface area contributed by atoms with Crippen LogP contribution in [0.5, 0.6) is 0 Å². The van der Waals surface area contributed by atoms with Crippen LogP contribution in [-0.4, -0.2) is 17.7 Å². The predicted molar refractivity (Wildman–Crippen MR) is 31.0 cm³/mol. The van der Waals surface area contributed by atoms with E-state index in [-0.39, 0.29) is 32.0 Å². The Kier molecular flexibility index (Phi) is 15.3. The van der Waals surface area contributed by atoms with E-state index in [2.05, 4.69) is 0 Å². The molecule has 0 saturated heterocycles. The maximum atomic E-state index is 9.83. The van der Waals surface area contributed by atoms with Crippen LogP contribution in [0.25, 0.3) is 0 Å². The van der Waals surface area contributed by atoms with Crippen LogP contribution in [0.2, 0.25) is 0 Å². The van der Waals surface area contributed by atoms with E-state index in [9.17, 15) is 14.7 Å². The first-order valence-corrected chi connectivity index (χ1v) is 2.73. The van der Waals surface area contributed by atoms with Gasteiger partial charge in [-0.3, -0.25) is 4.79 Å². The molecule has 0 aliphatic rings. The number of carboxylic acids is 2. The summed E-state index contributed by atoms with van der Waals surface area (Å²) in [5.74, 6) is -2.77. The molecule has 0 unspecified atom stereocenters. The van der Waals surface area contributed by atoms with E-state index in [1.54, 1.807) is 0 Å². The Bertz CT molecular complexity index is 149. The van der Waals surface area contributed by atoms with Crippen LogP contribution in [0, 0.1) is 0 Å². The molecular formula is C6H8O5Zr. The Morgan fingerprint density at radius 2 is 1.33 bits per heavy atom. The summed E-state index contributed by atoms with van der Waals surface area (Å²) in [5.41, 5.74) is 0. The summed E-state index contributed by atoms with van der Waals surface area (Å²) in [6.07, 6.45) is -0.472. The van der Waals surface area contributed by atoms with Gasteiger partial charge in [0.15, 0.2) is 0 Å². The Morgan fingerprint density at radius 3 is 1.33 bits per heavy atom. The van der Waals surface area contributed by atoms with Gasteiger partial charge in [0, 0.05) is 18.4 Å². The predicted octanol–water partition coefficient (Wildman–Crippen LogP) is -2.53. The van der Waals surface area contributed by atoms with E-state index in [1.165, 1.54) is 6.92 Å². The second kappa shape index (κ2) is 10.5. The fourth-order valence-corrected chi connectivity index (χ4v) is 0.203. The SMILES string of the molecule is CC(=O)CC(=O)[O-].CC(=O)[O-].[Zr+2]. The van der Waals surface area contributed by atoms with Gasteiger partial charge in [-0.05, 0) is 13.8 Å². The normalized spacial score (nSPS) is 6.83. The van der Waals surface area contributed by atoms with Crippen LogP contribution in [0.15, 0.2) is 0 Å². The number of hydrogen-bond acceptors (Lipinski definition) is 5. The smallest absolute Gasteiger partial charge is 0.550 e. The first kappa shape index (κ1) is 17.5. The number of rotatable bonds is 2. The standard InChI is InChI=1S/C4H6O3.C2H4O2.Zr/c1-3(5)2-4(6)7;1-2(3)4;/h2H2,1H3,(H,6,7);1H3,(H,3,4);/q;;+2/p-2. The molecule has 0 atom stereocenters. The van der Waals surface area contributed by atoms with Crippen molar-refractivity contribution in [2.24, 2.45) is 0 Å². The van der Waals surface area contributed by atoms with Gasteiger partial charge in [-0.15, -0.1) is 0 Å². The number of carboxylic acid groups (broad SMARTS) is 2. The van der Waals surface area contributed by atoms with Gasteiger partial charge >= 0.3 is 26.2 Å². The third-order valence-electron chi connectivity index (χ3n) is 0.393. The minimum atomic E-state index is -1.31. The summed E-state index contributed by atoms with van der Waals surface area (Å²) in [6.45, 7) is 2.18. The molecule has 0 fully saturated rings. The average Bonchev–Trinajstić information content (AvgIpc) is 1.56. The Labute approximate surface area is 88.9 Å². The quantitative estimate of drug-likeness (QED) is 0.504. The minimum Gasteiger partial charge on any atom is -0.550 e. The van der Waals surface area contributed by atoms with Gasteiger partial charge in [0.2, 0.25) is 0 Å². The fraction of sp³-hybridized carbons (Fsp3) is 0.500. The summed E-state index contributed by atoms with van der Waals surface area (Å²) >= 11 is 0. The van der Waals surface area contributed by atoms with Crippen LogP contribution in [-0.2, 0) is 40.6 Å². The second-order valence-corrected chi connectivity index (χ2v) is 1.74. The zero-order valence-corrected chi connectivity index (χ0v) is 9.21. The Morgan fingerprint density at radius 1 is 1.08 bits per heavy atom. The van der Waals surface area contributed by atoms with Gasteiger partial charge in [-0.1, -0.05) is 0 Å². The maximum Gasteiger partial charge on any atom is 2.00 e. The molecule has 66 valence electrons. The molecule has 0 amide bonds. The zero-order chi connectivity index (χ0) is 9.44. The van der Waals surface area contributed by atoms with E-state index >= 15 is 0 Å². The molecule has 0 bridgehead atoms. The van der Waals surface area contributed by atoms with Gasteiger partial charge in [0.05, 0.1) is 0 Å². The monoisotopic (exact) mass is 250 g/mol. The van der Waals surface area contributed by atoms with Crippen molar-refractivity contribution >= 4 is 17.7 Å². The molecule has 0 aromatic carbocycles. The summed E-state index contributed by atoms with van der Waals surface area (Å²) < 4.78 is 0. The topological polar surface area (TPSA) is 97.3 Å². The van der Waals surface area contributed by atoms with Gasteiger partial charge in [0.25, 0.3) is 0 Å². The van der Waals surface area contributed by atoms with E-state index in [0.717, 1.165) is 6.92 Å². The van der Waals surface area contributed by atoms with Crippen LogP contribution < -0.4 is 10.2 Å². The molecule has 0 aliphatic carbocycles. The summed E-state index contributed by atoms with van der Waals surface area (Å²) in [4.78, 5) is 28.2. The van der Waals surface area contributed by atoms with Crippen molar-refractivity contribution in [2.75, 3.05) is 0 Å². The van der Waals surface area contributed by atoms with Crippen molar-refractivity contribution in [2.45, 2.75) is 20.3 Å². The molecule has 0 radical (unpaired) electrons. The molecule has 6 heteroatoms. The number of carbonyl (C=O) groups is 3. The van der Waals surface area contributed by atoms with Crippen LogP contribution in [0.3, 0.4) is 0 Å². The molecule has 5 nitrogen and oxygen atoms in total. The summed E-state index contributed by atoms with van der Waals surface area (Å²) in [5, 5.41) is 18.4. The van der Waals surface area contributed by atoms with Gasteiger partial charge in [-0.2, -0.15) is 0 Å². The molecule has 0 N–H and O–H groups in total. The Balaban J connectivity index is -0.000000142. The summed E-state index contributed by atoms with van der Waals surface area (Å²) in [6, 6.07) is 0. The van der Waals surface area contributed by atoms with Crippen molar-refractivity contribution in [1.29, 1.82) is 0 Å². The number of Topliss-reactive ketones (excluding diaryl/α,β-unsaturated/α-hetero) is 1. The van der Waals surface area contributed by atoms with E-state index in [0.29, 0.717) is 0 Å². The second-order valence-electron chi connectivity index (χ2n) is 1.74. The van der Waals surface area contributed by atoms with Gasteiger partial charge in [0.1, 0.15) is 5.78 Å².